The molecule has 0 aliphatic heterocycles. The highest BCUT2D eigenvalue weighted by Gasteiger charge is 2.31. The van der Waals surface area contributed by atoms with Gasteiger partial charge in [0.15, 0.2) is 0 Å². The molecule has 108 valence electrons. The second-order valence-corrected chi connectivity index (χ2v) is 7.67. The van der Waals surface area contributed by atoms with Gasteiger partial charge in [0.2, 0.25) is 0 Å². The molecule has 2 nitrogen and oxygen atoms in total. The summed E-state index contributed by atoms with van der Waals surface area (Å²) >= 11 is 2.07. The maximum atomic E-state index is 5.51. The van der Waals surface area contributed by atoms with Crippen LogP contribution in [-0.2, 0) is 4.74 Å². The maximum absolute atomic E-state index is 5.51. The molecule has 0 spiro atoms. The van der Waals surface area contributed by atoms with Crippen molar-refractivity contribution in [2.75, 3.05) is 19.9 Å². The number of hydrogen-bond acceptors (Lipinski definition) is 3. The minimum absolute atomic E-state index is 0.0223. The minimum Gasteiger partial charge on any atom is -0.379 e. The molecule has 0 aromatic heterocycles. The van der Waals surface area contributed by atoms with Crippen LogP contribution in [0.15, 0.2) is 0 Å². The average molecular weight is 273 g/mol. The Bertz CT molecular complexity index is 237. The summed E-state index contributed by atoms with van der Waals surface area (Å²) in [4.78, 5) is 0. The van der Waals surface area contributed by atoms with Crippen LogP contribution in [0.2, 0.25) is 0 Å². The van der Waals surface area contributed by atoms with Gasteiger partial charge in [-0.15, -0.1) is 0 Å². The van der Waals surface area contributed by atoms with Crippen LogP contribution in [0.5, 0.6) is 0 Å². The van der Waals surface area contributed by atoms with Crippen LogP contribution < -0.4 is 5.32 Å². The topological polar surface area (TPSA) is 21.3 Å². The summed E-state index contributed by atoms with van der Waals surface area (Å²) in [6, 6.07) is 0.519. The molecule has 1 saturated carbocycles. The molecule has 18 heavy (non-hydrogen) atoms. The van der Waals surface area contributed by atoms with E-state index in [4.69, 9.17) is 4.74 Å². The smallest absolute Gasteiger partial charge is 0.0637 e. The molecule has 0 heterocycles. The molecule has 1 N–H and O–H groups in total. The van der Waals surface area contributed by atoms with Crippen molar-refractivity contribution in [2.45, 2.75) is 75.7 Å². The third-order valence-electron chi connectivity index (χ3n) is 4.32. The molecule has 1 atom stereocenters. The fourth-order valence-corrected chi connectivity index (χ4v) is 3.83. The third-order valence-corrected chi connectivity index (χ3v) is 5.74. The van der Waals surface area contributed by atoms with Gasteiger partial charge < -0.3 is 10.1 Å². The van der Waals surface area contributed by atoms with Gasteiger partial charge in [-0.05, 0) is 46.3 Å². The maximum Gasteiger partial charge on any atom is 0.0637 e. The van der Waals surface area contributed by atoms with Crippen LogP contribution in [0.3, 0.4) is 0 Å². The van der Waals surface area contributed by atoms with E-state index in [2.05, 4.69) is 44.1 Å². The fraction of sp³-hybridized carbons (Fsp3) is 1.00. The Hall–Kier alpha value is 0.270. The molecule has 3 heteroatoms. The Balaban J connectivity index is 2.38. The highest BCUT2D eigenvalue weighted by atomic mass is 32.2. The number of ether oxygens (including phenoxy) is 1. The molecular formula is C15H31NOS. The first-order valence-corrected chi connectivity index (χ1v) is 8.49. The van der Waals surface area contributed by atoms with E-state index in [1.807, 2.05) is 0 Å². The van der Waals surface area contributed by atoms with Gasteiger partial charge in [0, 0.05) is 24.4 Å². The van der Waals surface area contributed by atoms with Crippen LogP contribution in [-0.4, -0.2) is 36.3 Å². The standard InChI is InChI=1S/C15H31NOS/c1-13(11-14(2,3)17-4)16-12-15(18-5)9-7-6-8-10-15/h13,16H,6-12H2,1-5H3. The predicted octanol–water partition coefficient (Wildman–Crippen LogP) is 3.85. The van der Waals surface area contributed by atoms with Crippen molar-refractivity contribution in [1.29, 1.82) is 0 Å². The lowest BCUT2D eigenvalue weighted by Crippen LogP contribution is -2.44. The van der Waals surface area contributed by atoms with Gasteiger partial charge in [-0.3, -0.25) is 0 Å². The molecule has 1 unspecified atom stereocenters. The molecule has 1 aliphatic rings. The Morgan fingerprint density at radius 3 is 2.39 bits per heavy atom. The number of nitrogens with one attached hydrogen (secondary N) is 1. The van der Waals surface area contributed by atoms with Crippen LogP contribution in [0.25, 0.3) is 0 Å². The van der Waals surface area contributed by atoms with Gasteiger partial charge in [0.25, 0.3) is 0 Å². The first-order chi connectivity index (χ1) is 8.43. The van der Waals surface area contributed by atoms with Crippen molar-refractivity contribution in [3.63, 3.8) is 0 Å². The van der Waals surface area contributed by atoms with Crippen LogP contribution in [0, 0.1) is 0 Å². The first kappa shape index (κ1) is 16.3. The van der Waals surface area contributed by atoms with E-state index >= 15 is 0 Å². The van der Waals surface area contributed by atoms with Crippen molar-refractivity contribution in [3.8, 4) is 0 Å². The van der Waals surface area contributed by atoms with E-state index < -0.39 is 0 Å². The Morgan fingerprint density at radius 2 is 1.89 bits per heavy atom. The fourth-order valence-electron chi connectivity index (χ4n) is 2.90. The predicted molar refractivity (Wildman–Crippen MR) is 82.5 cm³/mol. The quantitative estimate of drug-likeness (QED) is 0.761. The van der Waals surface area contributed by atoms with E-state index in [1.165, 1.54) is 32.1 Å². The van der Waals surface area contributed by atoms with Crippen molar-refractivity contribution in [2.24, 2.45) is 0 Å². The number of thioether (sulfide) groups is 1. The number of rotatable bonds is 7. The summed E-state index contributed by atoms with van der Waals surface area (Å²) in [5.74, 6) is 0. The zero-order valence-corrected chi connectivity index (χ0v) is 13.7. The van der Waals surface area contributed by atoms with E-state index in [-0.39, 0.29) is 5.60 Å². The van der Waals surface area contributed by atoms with E-state index in [9.17, 15) is 0 Å². The van der Waals surface area contributed by atoms with Gasteiger partial charge >= 0.3 is 0 Å². The highest BCUT2D eigenvalue weighted by Crippen LogP contribution is 2.38. The lowest BCUT2D eigenvalue weighted by atomic mass is 9.88. The zero-order chi connectivity index (χ0) is 13.6. The van der Waals surface area contributed by atoms with Crippen molar-refractivity contribution in [1.82, 2.24) is 5.32 Å². The first-order valence-electron chi connectivity index (χ1n) is 7.27. The Morgan fingerprint density at radius 1 is 1.28 bits per heavy atom. The minimum atomic E-state index is -0.0223. The molecule has 0 saturated heterocycles. The summed E-state index contributed by atoms with van der Waals surface area (Å²) < 4.78 is 6.00. The summed E-state index contributed by atoms with van der Waals surface area (Å²) in [5, 5.41) is 3.73. The van der Waals surface area contributed by atoms with Crippen molar-refractivity contribution < 1.29 is 4.74 Å². The lowest BCUT2D eigenvalue weighted by molar-refractivity contribution is 0.00834. The van der Waals surface area contributed by atoms with Gasteiger partial charge in [-0.25, -0.2) is 0 Å². The monoisotopic (exact) mass is 273 g/mol. The summed E-state index contributed by atoms with van der Waals surface area (Å²) in [5.41, 5.74) is -0.0223. The van der Waals surface area contributed by atoms with Gasteiger partial charge in [0.1, 0.15) is 0 Å². The number of hydrogen-bond donors (Lipinski definition) is 1. The van der Waals surface area contributed by atoms with Crippen LogP contribution in [0.4, 0.5) is 0 Å². The van der Waals surface area contributed by atoms with E-state index in [1.54, 1.807) is 7.11 Å². The van der Waals surface area contributed by atoms with E-state index in [0.29, 0.717) is 10.8 Å². The molecule has 0 amide bonds. The van der Waals surface area contributed by atoms with Gasteiger partial charge in [-0.1, -0.05) is 19.3 Å². The molecule has 1 rings (SSSR count). The number of methoxy groups -OCH3 is 1. The molecule has 0 bridgehead atoms. The average Bonchev–Trinajstić information content (AvgIpc) is 2.37. The molecular weight excluding hydrogens is 242 g/mol. The zero-order valence-electron chi connectivity index (χ0n) is 12.8. The molecule has 0 radical (unpaired) electrons. The molecule has 1 aliphatic carbocycles. The molecule has 0 aromatic carbocycles. The highest BCUT2D eigenvalue weighted by molar-refractivity contribution is 8.00. The van der Waals surface area contributed by atoms with Gasteiger partial charge in [0.05, 0.1) is 5.60 Å². The van der Waals surface area contributed by atoms with Crippen molar-refractivity contribution in [3.05, 3.63) is 0 Å². The largest absolute Gasteiger partial charge is 0.379 e. The summed E-state index contributed by atoms with van der Waals surface area (Å²) in [6.07, 6.45) is 10.3. The van der Waals surface area contributed by atoms with E-state index in [0.717, 1.165) is 13.0 Å². The molecule has 1 fully saturated rings. The van der Waals surface area contributed by atoms with Crippen LogP contribution in [0.1, 0.15) is 59.3 Å². The Labute approximate surface area is 118 Å². The van der Waals surface area contributed by atoms with Gasteiger partial charge in [-0.2, -0.15) is 11.8 Å². The third kappa shape index (κ3) is 5.10. The van der Waals surface area contributed by atoms with Crippen molar-refractivity contribution >= 4 is 11.8 Å². The summed E-state index contributed by atoms with van der Waals surface area (Å²) in [6.45, 7) is 7.75. The normalized spacial score (nSPS) is 21.8. The summed E-state index contributed by atoms with van der Waals surface area (Å²) in [7, 11) is 1.80. The SMILES string of the molecule is COC(C)(C)CC(C)NCC1(SC)CCCCC1. The van der Waals surface area contributed by atoms with Crippen LogP contribution >= 0.6 is 11.8 Å². The second kappa shape index (κ2) is 7.16. The lowest BCUT2D eigenvalue weighted by Gasteiger charge is -2.37. The molecule has 0 aromatic rings. The Kier molecular flexibility index (Phi) is 6.49. The second-order valence-electron chi connectivity index (χ2n) is 6.40.